The van der Waals surface area contributed by atoms with Crippen molar-refractivity contribution >= 4 is 11.6 Å². The Morgan fingerprint density at radius 3 is 2.83 bits per heavy atom. The molecule has 5 nitrogen and oxygen atoms in total. The maximum Gasteiger partial charge on any atom is 0.241 e. The van der Waals surface area contributed by atoms with E-state index < -0.39 is 0 Å². The topological polar surface area (TPSA) is 50.8 Å². The number of likely N-dealkylation sites (tertiary alicyclic amines) is 1. The highest BCUT2D eigenvalue weighted by molar-refractivity contribution is 5.81. The van der Waals surface area contributed by atoms with E-state index in [1.807, 2.05) is 29.2 Å². The molecular weight excluding hydrogens is 304 g/mol. The molecule has 2 aliphatic rings. The van der Waals surface area contributed by atoms with Gasteiger partial charge in [-0.05, 0) is 43.7 Å². The van der Waals surface area contributed by atoms with E-state index in [2.05, 4.69) is 12.2 Å². The normalized spacial score (nSPS) is 21.7. The van der Waals surface area contributed by atoms with E-state index in [-0.39, 0.29) is 12.0 Å². The number of carbonyl (C=O) groups is 1. The highest BCUT2D eigenvalue weighted by Crippen LogP contribution is 2.25. The van der Waals surface area contributed by atoms with Gasteiger partial charge < -0.3 is 19.7 Å². The van der Waals surface area contributed by atoms with Crippen LogP contribution in [0.4, 0.5) is 5.69 Å². The van der Waals surface area contributed by atoms with E-state index in [9.17, 15) is 4.79 Å². The van der Waals surface area contributed by atoms with Crippen molar-refractivity contribution in [1.29, 1.82) is 0 Å². The smallest absolute Gasteiger partial charge is 0.241 e. The number of nitrogens with one attached hydrogen (secondary N) is 1. The fraction of sp³-hybridized carbons (Fsp3) is 0.632. The maximum atomic E-state index is 12.4. The number of ether oxygens (including phenoxy) is 2. The van der Waals surface area contributed by atoms with Crippen LogP contribution in [0.5, 0.6) is 5.75 Å². The number of piperidine rings is 1. The summed E-state index contributed by atoms with van der Waals surface area (Å²) in [4.78, 5) is 14.3. The predicted octanol–water partition coefficient (Wildman–Crippen LogP) is 2.91. The van der Waals surface area contributed by atoms with Crippen molar-refractivity contribution in [3.05, 3.63) is 24.3 Å². The van der Waals surface area contributed by atoms with Gasteiger partial charge in [0, 0.05) is 19.7 Å². The number of benzene rings is 1. The van der Waals surface area contributed by atoms with Crippen LogP contribution in [0.2, 0.25) is 0 Å². The Morgan fingerprint density at radius 2 is 2.08 bits per heavy atom. The molecular formula is C19H28N2O3. The van der Waals surface area contributed by atoms with Crippen molar-refractivity contribution in [1.82, 2.24) is 4.90 Å². The number of anilines is 1. The monoisotopic (exact) mass is 332 g/mol. The number of para-hydroxylation sites is 2. The average molecular weight is 332 g/mol. The van der Waals surface area contributed by atoms with Gasteiger partial charge in [-0.1, -0.05) is 19.1 Å². The highest BCUT2D eigenvalue weighted by atomic mass is 16.5. The first-order valence-electron chi connectivity index (χ1n) is 9.07. The average Bonchev–Trinajstić information content (AvgIpc) is 3.12. The predicted molar refractivity (Wildman–Crippen MR) is 94.4 cm³/mol. The minimum Gasteiger partial charge on any atom is -0.489 e. The molecule has 0 spiro atoms. The number of hydrogen-bond acceptors (Lipinski definition) is 4. The lowest BCUT2D eigenvalue weighted by Gasteiger charge is -2.30. The van der Waals surface area contributed by atoms with Gasteiger partial charge in [-0.3, -0.25) is 4.79 Å². The molecule has 0 aliphatic carbocycles. The molecule has 1 atom stereocenters. The minimum atomic E-state index is 0.163. The second-order valence-corrected chi connectivity index (χ2v) is 6.86. The van der Waals surface area contributed by atoms with Crippen molar-refractivity contribution in [3.63, 3.8) is 0 Å². The summed E-state index contributed by atoms with van der Waals surface area (Å²) in [5.74, 6) is 1.68. The van der Waals surface area contributed by atoms with Gasteiger partial charge in [-0.25, -0.2) is 0 Å². The number of amides is 1. The third-order valence-corrected chi connectivity index (χ3v) is 4.90. The molecule has 1 aromatic carbocycles. The summed E-state index contributed by atoms with van der Waals surface area (Å²) in [6.07, 6.45) is 4.56. The van der Waals surface area contributed by atoms with Gasteiger partial charge in [0.05, 0.1) is 18.3 Å². The Balaban J connectivity index is 1.50. The van der Waals surface area contributed by atoms with E-state index in [1.54, 1.807) is 0 Å². The van der Waals surface area contributed by atoms with Crippen LogP contribution in [0.25, 0.3) is 0 Å². The van der Waals surface area contributed by atoms with Crippen molar-refractivity contribution in [2.24, 2.45) is 5.92 Å². The van der Waals surface area contributed by atoms with Gasteiger partial charge in [-0.15, -0.1) is 0 Å². The van der Waals surface area contributed by atoms with Crippen LogP contribution in [0.15, 0.2) is 24.3 Å². The number of carbonyl (C=O) groups excluding carboxylic acids is 1. The van der Waals surface area contributed by atoms with Crippen LogP contribution in [0, 0.1) is 5.92 Å². The highest BCUT2D eigenvalue weighted by Gasteiger charge is 2.20. The van der Waals surface area contributed by atoms with Crippen LogP contribution in [-0.2, 0) is 9.53 Å². The largest absolute Gasteiger partial charge is 0.489 e. The molecule has 2 saturated heterocycles. The molecule has 1 unspecified atom stereocenters. The quantitative estimate of drug-likeness (QED) is 0.870. The lowest BCUT2D eigenvalue weighted by molar-refractivity contribution is -0.130. The van der Waals surface area contributed by atoms with Gasteiger partial charge in [0.25, 0.3) is 0 Å². The molecule has 2 heterocycles. The zero-order valence-electron chi connectivity index (χ0n) is 14.5. The fourth-order valence-electron chi connectivity index (χ4n) is 3.24. The molecule has 0 bridgehead atoms. The van der Waals surface area contributed by atoms with Crippen LogP contribution in [0.3, 0.4) is 0 Å². The second kappa shape index (κ2) is 8.38. The van der Waals surface area contributed by atoms with E-state index in [4.69, 9.17) is 9.47 Å². The van der Waals surface area contributed by atoms with Gasteiger partial charge in [0.2, 0.25) is 5.91 Å². The third-order valence-electron chi connectivity index (χ3n) is 4.90. The molecule has 2 aliphatic heterocycles. The zero-order valence-corrected chi connectivity index (χ0v) is 14.5. The first-order valence-corrected chi connectivity index (χ1v) is 9.07. The van der Waals surface area contributed by atoms with Gasteiger partial charge in [0.1, 0.15) is 12.4 Å². The minimum absolute atomic E-state index is 0.163. The molecule has 3 rings (SSSR count). The van der Waals surface area contributed by atoms with Gasteiger partial charge in [0.15, 0.2) is 0 Å². The Kier molecular flexibility index (Phi) is 5.96. The van der Waals surface area contributed by atoms with Gasteiger partial charge >= 0.3 is 0 Å². The molecule has 24 heavy (non-hydrogen) atoms. The maximum absolute atomic E-state index is 12.4. The number of hydrogen-bond donors (Lipinski definition) is 1. The molecule has 132 valence electrons. The van der Waals surface area contributed by atoms with E-state index in [0.29, 0.717) is 13.2 Å². The molecule has 5 heteroatoms. The van der Waals surface area contributed by atoms with E-state index in [1.165, 1.54) is 0 Å². The lowest BCUT2D eigenvalue weighted by Crippen LogP contribution is -2.40. The summed E-state index contributed by atoms with van der Waals surface area (Å²) in [5.41, 5.74) is 0.870. The van der Waals surface area contributed by atoms with Gasteiger partial charge in [-0.2, -0.15) is 0 Å². The third kappa shape index (κ3) is 4.63. The Bertz CT molecular complexity index is 535. The van der Waals surface area contributed by atoms with Crippen molar-refractivity contribution in [2.45, 2.75) is 38.7 Å². The van der Waals surface area contributed by atoms with Crippen LogP contribution >= 0.6 is 0 Å². The Morgan fingerprint density at radius 1 is 1.29 bits per heavy atom. The molecule has 0 radical (unpaired) electrons. The first kappa shape index (κ1) is 17.1. The molecule has 1 amide bonds. The van der Waals surface area contributed by atoms with Crippen LogP contribution in [-0.4, -0.2) is 49.8 Å². The molecule has 2 fully saturated rings. The van der Waals surface area contributed by atoms with Crippen molar-refractivity contribution < 1.29 is 14.3 Å². The van der Waals surface area contributed by atoms with Crippen LogP contribution in [0.1, 0.15) is 32.6 Å². The van der Waals surface area contributed by atoms with E-state index >= 15 is 0 Å². The lowest BCUT2D eigenvalue weighted by atomic mass is 9.99. The number of nitrogens with zero attached hydrogens (tertiary/aromatic N) is 1. The zero-order chi connectivity index (χ0) is 16.8. The summed E-state index contributed by atoms with van der Waals surface area (Å²) >= 11 is 0. The molecule has 0 saturated carbocycles. The standard InChI is InChI=1S/C19H28N2O3/c1-15-8-10-21(11-9-15)19(22)13-20-17-6-2-3-7-18(17)24-14-16-5-4-12-23-16/h2-3,6-7,15-16,20H,4-5,8-14H2,1H3. The SMILES string of the molecule is CC1CCN(C(=O)CNc2ccccc2OCC2CCCO2)CC1. The molecule has 1 N–H and O–H groups in total. The summed E-state index contributed by atoms with van der Waals surface area (Å²) in [7, 11) is 0. The number of rotatable bonds is 6. The summed E-state index contributed by atoms with van der Waals surface area (Å²) in [5, 5.41) is 3.24. The molecule has 0 aromatic heterocycles. The Hall–Kier alpha value is -1.75. The second-order valence-electron chi connectivity index (χ2n) is 6.86. The van der Waals surface area contributed by atoms with E-state index in [0.717, 1.165) is 62.7 Å². The first-order chi connectivity index (χ1) is 11.7. The summed E-state index contributed by atoms with van der Waals surface area (Å²) in [6, 6.07) is 7.79. The van der Waals surface area contributed by atoms with Crippen LogP contribution < -0.4 is 10.1 Å². The fourth-order valence-corrected chi connectivity index (χ4v) is 3.24. The molecule has 1 aromatic rings. The van der Waals surface area contributed by atoms with Crippen molar-refractivity contribution in [2.75, 3.05) is 38.2 Å². The van der Waals surface area contributed by atoms with Crippen molar-refractivity contribution in [3.8, 4) is 5.75 Å². The Labute approximate surface area is 144 Å². The summed E-state index contributed by atoms with van der Waals surface area (Å²) in [6.45, 7) is 5.71. The summed E-state index contributed by atoms with van der Waals surface area (Å²) < 4.78 is 11.5.